The lowest BCUT2D eigenvalue weighted by molar-refractivity contribution is 0.0409. The van der Waals surface area contributed by atoms with Gasteiger partial charge in [0.2, 0.25) is 0 Å². The average molecular weight is 234 g/mol. The Hall–Kier alpha value is -1.28. The molecule has 0 aliphatic carbocycles. The molecule has 0 spiro atoms. The number of benzene rings is 1. The number of ether oxygens (including phenoxy) is 2. The first-order chi connectivity index (χ1) is 8.07. The summed E-state index contributed by atoms with van der Waals surface area (Å²) in [7, 11) is 0. The van der Waals surface area contributed by atoms with Gasteiger partial charge in [0.25, 0.3) is 0 Å². The summed E-state index contributed by atoms with van der Waals surface area (Å²) in [5.74, 6) is 0.889. The Morgan fingerprint density at radius 2 is 1.82 bits per heavy atom. The van der Waals surface area contributed by atoms with Gasteiger partial charge in [-0.3, -0.25) is 0 Å². The van der Waals surface area contributed by atoms with Crippen LogP contribution in [0, 0.1) is 5.41 Å². The maximum absolute atomic E-state index is 5.75. The largest absolute Gasteiger partial charge is 0.493 e. The van der Waals surface area contributed by atoms with E-state index in [9.17, 15) is 0 Å². The van der Waals surface area contributed by atoms with E-state index in [1.165, 1.54) is 0 Å². The van der Waals surface area contributed by atoms with Gasteiger partial charge in [-0.2, -0.15) is 0 Å². The molecular weight excluding hydrogens is 212 g/mol. The SMILES string of the molecule is C=Cc1ccc(OCC(C)(C)COCC)cc1. The van der Waals surface area contributed by atoms with Crippen LogP contribution in [-0.4, -0.2) is 19.8 Å². The van der Waals surface area contributed by atoms with Crippen LogP contribution in [0.15, 0.2) is 30.8 Å². The highest BCUT2D eigenvalue weighted by atomic mass is 16.5. The third kappa shape index (κ3) is 5.05. The van der Waals surface area contributed by atoms with Crippen molar-refractivity contribution in [3.05, 3.63) is 36.4 Å². The number of hydrogen-bond donors (Lipinski definition) is 0. The smallest absolute Gasteiger partial charge is 0.119 e. The van der Waals surface area contributed by atoms with Crippen molar-refractivity contribution in [3.63, 3.8) is 0 Å². The highest BCUT2D eigenvalue weighted by Gasteiger charge is 2.19. The van der Waals surface area contributed by atoms with Crippen molar-refractivity contribution < 1.29 is 9.47 Å². The van der Waals surface area contributed by atoms with Crippen molar-refractivity contribution >= 4 is 6.08 Å². The van der Waals surface area contributed by atoms with Gasteiger partial charge in [0.15, 0.2) is 0 Å². The van der Waals surface area contributed by atoms with Crippen molar-refractivity contribution in [2.75, 3.05) is 19.8 Å². The lowest BCUT2D eigenvalue weighted by Gasteiger charge is -2.24. The van der Waals surface area contributed by atoms with Gasteiger partial charge in [0.1, 0.15) is 5.75 Å². The second-order valence-electron chi connectivity index (χ2n) is 4.86. The van der Waals surface area contributed by atoms with Gasteiger partial charge < -0.3 is 9.47 Å². The molecule has 1 aromatic rings. The molecule has 0 aliphatic heterocycles. The molecule has 0 radical (unpaired) electrons. The predicted molar refractivity (Wildman–Crippen MR) is 72.3 cm³/mol. The molecule has 0 amide bonds. The Morgan fingerprint density at radius 3 is 2.35 bits per heavy atom. The second-order valence-corrected chi connectivity index (χ2v) is 4.86. The van der Waals surface area contributed by atoms with E-state index < -0.39 is 0 Å². The van der Waals surface area contributed by atoms with Crippen LogP contribution < -0.4 is 4.74 Å². The summed E-state index contributed by atoms with van der Waals surface area (Å²) in [6, 6.07) is 7.93. The van der Waals surface area contributed by atoms with Gasteiger partial charge in [-0.15, -0.1) is 0 Å². The molecule has 17 heavy (non-hydrogen) atoms. The van der Waals surface area contributed by atoms with Crippen LogP contribution >= 0.6 is 0 Å². The molecular formula is C15H22O2. The van der Waals surface area contributed by atoms with Crippen LogP contribution in [-0.2, 0) is 4.74 Å². The molecule has 0 saturated carbocycles. The maximum Gasteiger partial charge on any atom is 0.119 e. The Labute approximate surface area is 104 Å². The molecule has 0 heterocycles. The normalized spacial score (nSPS) is 11.2. The van der Waals surface area contributed by atoms with Crippen LogP contribution in [0.25, 0.3) is 6.08 Å². The maximum atomic E-state index is 5.75. The first kappa shape index (κ1) is 13.8. The topological polar surface area (TPSA) is 18.5 Å². The monoisotopic (exact) mass is 234 g/mol. The van der Waals surface area contributed by atoms with Gasteiger partial charge >= 0.3 is 0 Å². The highest BCUT2D eigenvalue weighted by molar-refractivity contribution is 5.48. The molecule has 2 nitrogen and oxygen atoms in total. The Morgan fingerprint density at radius 1 is 1.18 bits per heavy atom. The van der Waals surface area contributed by atoms with E-state index >= 15 is 0 Å². The number of rotatable bonds is 7. The van der Waals surface area contributed by atoms with E-state index in [0.29, 0.717) is 13.2 Å². The van der Waals surface area contributed by atoms with Crippen molar-refractivity contribution in [3.8, 4) is 5.75 Å². The van der Waals surface area contributed by atoms with Crippen LogP contribution in [0.4, 0.5) is 0 Å². The van der Waals surface area contributed by atoms with Crippen LogP contribution in [0.2, 0.25) is 0 Å². The lowest BCUT2D eigenvalue weighted by Crippen LogP contribution is -2.27. The molecule has 0 fully saturated rings. The molecule has 0 bridgehead atoms. The molecule has 2 heteroatoms. The van der Waals surface area contributed by atoms with Gasteiger partial charge in [-0.05, 0) is 24.6 Å². The molecule has 0 unspecified atom stereocenters. The van der Waals surface area contributed by atoms with E-state index in [0.717, 1.165) is 17.9 Å². The highest BCUT2D eigenvalue weighted by Crippen LogP contribution is 2.19. The van der Waals surface area contributed by atoms with Crippen LogP contribution in [0.1, 0.15) is 26.3 Å². The zero-order chi connectivity index (χ0) is 12.7. The Kier molecular flexibility index (Phi) is 5.23. The van der Waals surface area contributed by atoms with Gasteiger partial charge in [-0.1, -0.05) is 38.6 Å². The molecule has 0 aliphatic rings. The van der Waals surface area contributed by atoms with Crippen LogP contribution in [0.5, 0.6) is 5.75 Å². The minimum absolute atomic E-state index is 0.0348. The Balaban J connectivity index is 2.45. The van der Waals surface area contributed by atoms with E-state index in [4.69, 9.17) is 9.47 Å². The summed E-state index contributed by atoms with van der Waals surface area (Å²) in [6.07, 6.45) is 1.82. The average Bonchev–Trinajstić information content (AvgIpc) is 2.35. The number of hydrogen-bond acceptors (Lipinski definition) is 2. The quantitative estimate of drug-likeness (QED) is 0.715. The van der Waals surface area contributed by atoms with Crippen molar-refractivity contribution in [1.29, 1.82) is 0 Å². The van der Waals surface area contributed by atoms with E-state index in [2.05, 4.69) is 20.4 Å². The van der Waals surface area contributed by atoms with Gasteiger partial charge in [0.05, 0.1) is 13.2 Å². The van der Waals surface area contributed by atoms with Gasteiger partial charge in [-0.25, -0.2) is 0 Å². The molecule has 0 atom stereocenters. The predicted octanol–water partition coefficient (Wildman–Crippen LogP) is 3.77. The molecule has 1 aromatic carbocycles. The zero-order valence-electron chi connectivity index (χ0n) is 11.0. The first-order valence-electron chi connectivity index (χ1n) is 6.00. The third-order valence-corrected chi connectivity index (χ3v) is 2.44. The lowest BCUT2D eigenvalue weighted by atomic mass is 9.96. The van der Waals surface area contributed by atoms with E-state index in [-0.39, 0.29) is 5.41 Å². The standard InChI is InChI=1S/C15H22O2/c1-5-13-7-9-14(10-8-13)17-12-15(3,4)11-16-6-2/h5,7-10H,1,6,11-12H2,2-4H3. The first-order valence-corrected chi connectivity index (χ1v) is 6.00. The molecule has 0 saturated heterocycles. The minimum Gasteiger partial charge on any atom is -0.493 e. The van der Waals surface area contributed by atoms with Crippen LogP contribution in [0.3, 0.4) is 0 Å². The summed E-state index contributed by atoms with van der Waals surface area (Å²) in [4.78, 5) is 0. The molecule has 1 rings (SSSR count). The zero-order valence-corrected chi connectivity index (χ0v) is 11.0. The minimum atomic E-state index is 0.0348. The summed E-state index contributed by atoms with van der Waals surface area (Å²) in [5.41, 5.74) is 1.14. The second kappa shape index (κ2) is 6.45. The molecule has 94 valence electrons. The van der Waals surface area contributed by atoms with Crippen molar-refractivity contribution in [2.45, 2.75) is 20.8 Å². The summed E-state index contributed by atoms with van der Waals surface area (Å²) >= 11 is 0. The fourth-order valence-corrected chi connectivity index (χ4v) is 1.40. The molecule has 0 N–H and O–H groups in total. The Bertz CT molecular complexity index is 338. The summed E-state index contributed by atoms with van der Waals surface area (Å²) in [6.45, 7) is 12.1. The fourth-order valence-electron chi connectivity index (χ4n) is 1.40. The molecule has 0 aromatic heterocycles. The van der Waals surface area contributed by atoms with Crippen molar-refractivity contribution in [2.24, 2.45) is 5.41 Å². The van der Waals surface area contributed by atoms with Gasteiger partial charge in [0, 0.05) is 12.0 Å². The third-order valence-electron chi connectivity index (χ3n) is 2.44. The fraction of sp³-hybridized carbons (Fsp3) is 0.467. The van der Waals surface area contributed by atoms with E-state index in [1.54, 1.807) is 0 Å². The van der Waals surface area contributed by atoms with E-state index in [1.807, 2.05) is 37.3 Å². The summed E-state index contributed by atoms with van der Waals surface area (Å²) in [5, 5.41) is 0. The summed E-state index contributed by atoms with van der Waals surface area (Å²) < 4.78 is 11.2. The van der Waals surface area contributed by atoms with Crippen molar-refractivity contribution in [1.82, 2.24) is 0 Å².